The molecule has 0 amide bonds. The minimum atomic E-state index is 1.11. The van der Waals surface area contributed by atoms with Crippen LogP contribution in [0.3, 0.4) is 0 Å². The summed E-state index contributed by atoms with van der Waals surface area (Å²) in [5, 5.41) is 7.60. The Balaban J connectivity index is 1.12. The van der Waals surface area contributed by atoms with Gasteiger partial charge in [-0.25, -0.2) is 0 Å². The van der Waals surface area contributed by atoms with Crippen molar-refractivity contribution in [3.05, 3.63) is 224 Å². The lowest BCUT2D eigenvalue weighted by molar-refractivity contribution is 1.29. The second-order valence-corrected chi connectivity index (χ2v) is 16.0. The van der Waals surface area contributed by atoms with Crippen LogP contribution in [0, 0.1) is 0 Å². The predicted octanol–water partition coefficient (Wildman–Crippen LogP) is 16.5. The van der Waals surface area contributed by atoms with Gasteiger partial charge >= 0.3 is 0 Å². The van der Waals surface area contributed by atoms with Gasteiger partial charge in [-0.1, -0.05) is 170 Å². The predicted molar refractivity (Wildman–Crippen MR) is 251 cm³/mol. The molecule has 0 atom stereocenters. The van der Waals surface area contributed by atoms with E-state index in [9.17, 15) is 0 Å². The van der Waals surface area contributed by atoms with Gasteiger partial charge in [-0.15, -0.1) is 11.3 Å². The standard InChI is InChI=1S/C56H37NS/c1-4-16-38(17-5-1)41-22-14-24-44(34-41)57(46-31-33-54-51(37-46)49-27-12-13-29-53(49)58-54)45-25-15-23-42(35-45)43-30-32-48-47-26-10-11-28-50(47)55(39-18-6-2-7-19-39)56(52(48)36-43)40-20-8-3-9-21-40/h1-37H. The van der Waals surface area contributed by atoms with Crippen LogP contribution in [0.1, 0.15) is 0 Å². The van der Waals surface area contributed by atoms with Crippen molar-refractivity contribution in [2.75, 3.05) is 4.90 Å². The summed E-state index contributed by atoms with van der Waals surface area (Å²) in [6.45, 7) is 0. The van der Waals surface area contributed by atoms with Gasteiger partial charge in [0, 0.05) is 37.2 Å². The Morgan fingerprint density at radius 1 is 0.241 bits per heavy atom. The molecule has 11 aromatic rings. The lowest BCUT2D eigenvalue weighted by Gasteiger charge is -2.27. The van der Waals surface area contributed by atoms with Crippen LogP contribution in [0.15, 0.2) is 224 Å². The molecule has 0 aliphatic rings. The Morgan fingerprint density at radius 2 is 0.707 bits per heavy atom. The first-order valence-electron chi connectivity index (χ1n) is 19.8. The van der Waals surface area contributed by atoms with Gasteiger partial charge in [0.15, 0.2) is 0 Å². The van der Waals surface area contributed by atoms with Crippen molar-refractivity contribution >= 4 is 70.1 Å². The van der Waals surface area contributed by atoms with E-state index in [2.05, 4.69) is 229 Å². The third-order valence-corrected chi connectivity index (χ3v) is 12.6. The number of rotatable bonds is 7. The first kappa shape index (κ1) is 34.0. The first-order valence-corrected chi connectivity index (χ1v) is 20.7. The van der Waals surface area contributed by atoms with Crippen molar-refractivity contribution in [1.29, 1.82) is 0 Å². The van der Waals surface area contributed by atoms with E-state index in [1.54, 1.807) is 0 Å². The van der Waals surface area contributed by atoms with E-state index in [4.69, 9.17) is 0 Å². The Morgan fingerprint density at radius 3 is 1.38 bits per heavy atom. The highest BCUT2D eigenvalue weighted by Gasteiger charge is 2.20. The van der Waals surface area contributed by atoms with Crippen LogP contribution >= 0.6 is 11.3 Å². The number of nitrogens with zero attached hydrogens (tertiary/aromatic N) is 1. The SMILES string of the molecule is c1ccc(-c2cccc(N(c3cccc(-c4ccc5c(c4)c(-c4ccccc4)c(-c4ccccc4)c4ccccc45)c3)c3ccc4sc5ccccc5c4c3)c2)cc1. The Kier molecular flexibility index (Phi) is 8.42. The fourth-order valence-corrected chi connectivity index (χ4v) is 9.85. The van der Waals surface area contributed by atoms with Crippen LogP contribution in [-0.2, 0) is 0 Å². The summed E-state index contributed by atoms with van der Waals surface area (Å²) in [5.74, 6) is 0. The molecule has 58 heavy (non-hydrogen) atoms. The zero-order chi connectivity index (χ0) is 38.4. The zero-order valence-corrected chi connectivity index (χ0v) is 32.5. The van der Waals surface area contributed by atoms with Crippen LogP contribution in [0.4, 0.5) is 17.1 Å². The van der Waals surface area contributed by atoms with Gasteiger partial charge in [0.1, 0.15) is 0 Å². The molecule has 10 aromatic carbocycles. The lowest BCUT2D eigenvalue weighted by atomic mass is 9.84. The third-order valence-electron chi connectivity index (χ3n) is 11.4. The molecule has 11 rings (SSSR count). The summed E-state index contributed by atoms with van der Waals surface area (Å²) in [5.41, 5.74) is 13.0. The number of benzene rings is 10. The molecule has 0 spiro atoms. The molecule has 1 heterocycles. The normalized spacial score (nSPS) is 11.4. The number of anilines is 3. The molecule has 0 saturated heterocycles. The Hall–Kier alpha value is -7.26. The average Bonchev–Trinajstić information content (AvgIpc) is 3.68. The molecule has 0 unspecified atom stereocenters. The largest absolute Gasteiger partial charge is 0.310 e. The van der Waals surface area contributed by atoms with Crippen LogP contribution in [0.25, 0.3) is 86.2 Å². The molecular weight excluding hydrogens is 719 g/mol. The van der Waals surface area contributed by atoms with Crippen molar-refractivity contribution in [2.24, 2.45) is 0 Å². The maximum absolute atomic E-state index is 2.42. The summed E-state index contributed by atoms with van der Waals surface area (Å²) in [6.07, 6.45) is 0. The third kappa shape index (κ3) is 5.94. The summed E-state index contributed by atoms with van der Waals surface area (Å²) in [6, 6.07) is 82.0. The minimum Gasteiger partial charge on any atom is -0.310 e. The highest BCUT2D eigenvalue weighted by atomic mass is 32.1. The average molecular weight is 756 g/mol. The van der Waals surface area contributed by atoms with Gasteiger partial charge in [0.25, 0.3) is 0 Å². The van der Waals surface area contributed by atoms with E-state index in [1.165, 1.54) is 86.2 Å². The Labute approximate surface area is 342 Å². The summed E-state index contributed by atoms with van der Waals surface area (Å²) in [7, 11) is 0. The molecule has 0 bridgehead atoms. The zero-order valence-electron chi connectivity index (χ0n) is 31.7. The maximum Gasteiger partial charge on any atom is 0.0468 e. The van der Waals surface area contributed by atoms with Crippen molar-refractivity contribution in [3.63, 3.8) is 0 Å². The van der Waals surface area contributed by atoms with Gasteiger partial charge in [-0.2, -0.15) is 0 Å². The molecule has 2 heteroatoms. The van der Waals surface area contributed by atoms with Gasteiger partial charge in [0.05, 0.1) is 0 Å². The Bertz CT molecular complexity index is 3270. The van der Waals surface area contributed by atoms with Gasteiger partial charge in [0.2, 0.25) is 0 Å². The topological polar surface area (TPSA) is 3.24 Å². The van der Waals surface area contributed by atoms with Crippen LogP contribution in [0.5, 0.6) is 0 Å². The highest BCUT2D eigenvalue weighted by Crippen LogP contribution is 2.47. The van der Waals surface area contributed by atoms with E-state index < -0.39 is 0 Å². The van der Waals surface area contributed by atoms with E-state index >= 15 is 0 Å². The maximum atomic E-state index is 2.42. The molecular formula is C56H37NS. The molecule has 0 aliphatic heterocycles. The van der Waals surface area contributed by atoms with Crippen molar-refractivity contribution in [1.82, 2.24) is 0 Å². The molecule has 272 valence electrons. The lowest BCUT2D eigenvalue weighted by Crippen LogP contribution is -2.10. The van der Waals surface area contributed by atoms with E-state index in [0.717, 1.165) is 17.1 Å². The van der Waals surface area contributed by atoms with Gasteiger partial charge in [-0.05, 0) is 121 Å². The molecule has 1 nitrogen and oxygen atoms in total. The second-order valence-electron chi connectivity index (χ2n) is 14.9. The minimum absolute atomic E-state index is 1.11. The fourth-order valence-electron chi connectivity index (χ4n) is 8.76. The van der Waals surface area contributed by atoms with E-state index in [-0.39, 0.29) is 0 Å². The van der Waals surface area contributed by atoms with Crippen molar-refractivity contribution in [2.45, 2.75) is 0 Å². The van der Waals surface area contributed by atoms with E-state index in [0.29, 0.717) is 0 Å². The van der Waals surface area contributed by atoms with Crippen LogP contribution in [0.2, 0.25) is 0 Å². The van der Waals surface area contributed by atoms with Gasteiger partial charge < -0.3 is 4.90 Å². The smallest absolute Gasteiger partial charge is 0.0468 e. The summed E-state index contributed by atoms with van der Waals surface area (Å²) in [4.78, 5) is 2.42. The van der Waals surface area contributed by atoms with Crippen molar-refractivity contribution < 1.29 is 0 Å². The molecule has 0 saturated carbocycles. The van der Waals surface area contributed by atoms with Crippen molar-refractivity contribution in [3.8, 4) is 44.5 Å². The monoisotopic (exact) mass is 755 g/mol. The summed E-state index contributed by atoms with van der Waals surface area (Å²) >= 11 is 1.86. The number of hydrogen-bond donors (Lipinski definition) is 0. The summed E-state index contributed by atoms with van der Waals surface area (Å²) < 4.78 is 2.60. The quantitative estimate of drug-likeness (QED) is 0.146. The molecule has 0 fully saturated rings. The molecule has 0 aliphatic carbocycles. The number of fused-ring (bicyclic) bond motifs is 6. The molecule has 0 N–H and O–H groups in total. The van der Waals surface area contributed by atoms with Crippen LogP contribution in [-0.4, -0.2) is 0 Å². The fraction of sp³-hybridized carbons (Fsp3) is 0. The van der Waals surface area contributed by atoms with E-state index in [1.807, 2.05) is 11.3 Å². The molecule has 0 radical (unpaired) electrons. The van der Waals surface area contributed by atoms with Gasteiger partial charge in [-0.3, -0.25) is 0 Å². The second kappa shape index (κ2) is 14.4. The van der Waals surface area contributed by atoms with Crippen LogP contribution < -0.4 is 4.90 Å². The number of hydrogen-bond acceptors (Lipinski definition) is 2. The first-order chi connectivity index (χ1) is 28.8. The molecule has 1 aromatic heterocycles. The number of thiophene rings is 1. The highest BCUT2D eigenvalue weighted by molar-refractivity contribution is 7.25.